The van der Waals surface area contributed by atoms with E-state index in [1.807, 2.05) is 7.05 Å². The maximum atomic E-state index is 11.9. The molecule has 1 aromatic heterocycles. The van der Waals surface area contributed by atoms with Crippen molar-refractivity contribution in [3.63, 3.8) is 0 Å². The minimum atomic E-state index is -0.278. The first-order valence-electron chi connectivity index (χ1n) is 6.52. The molecular weight excluding hydrogens is 242 g/mol. The molecular formula is C14H25N3O2. The summed E-state index contributed by atoms with van der Waals surface area (Å²) in [6.45, 7) is 9.27. The van der Waals surface area contributed by atoms with Gasteiger partial charge < -0.3 is 0 Å². The van der Waals surface area contributed by atoms with E-state index in [-0.39, 0.29) is 16.7 Å². The van der Waals surface area contributed by atoms with Gasteiger partial charge in [-0.15, -0.1) is 0 Å². The average molecular weight is 267 g/mol. The summed E-state index contributed by atoms with van der Waals surface area (Å²) in [7, 11) is 5.21. The van der Waals surface area contributed by atoms with Crippen LogP contribution in [0.5, 0.6) is 0 Å². The molecule has 0 N–H and O–H groups in total. The van der Waals surface area contributed by atoms with Gasteiger partial charge in [0.25, 0.3) is 5.56 Å². The lowest BCUT2D eigenvalue weighted by Gasteiger charge is -2.35. The molecule has 108 valence electrons. The van der Waals surface area contributed by atoms with Crippen molar-refractivity contribution in [1.82, 2.24) is 14.0 Å². The first kappa shape index (κ1) is 15.7. The molecule has 0 aliphatic carbocycles. The Labute approximate surface area is 114 Å². The van der Waals surface area contributed by atoms with E-state index in [4.69, 9.17) is 0 Å². The van der Waals surface area contributed by atoms with Crippen molar-refractivity contribution in [3.05, 3.63) is 32.6 Å². The summed E-state index contributed by atoms with van der Waals surface area (Å²) >= 11 is 0. The van der Waals surface area contributed by atoms with Crippen molar-refractivity contribution in [1.29, 1.82) is 0 Å². The third kappa shape index (κ3) is 3.35. The predicted octanol–water partition coefficient (Wildman–Crippen LogP) is 0.950. The number of hydrogen-bond donors (Lipinski definition) is 0. The molecule has 0 saturated carbocycles. The molecule has 0 bridgehead atoms. The Hall–Kier alpha value is -1.36. The second-order valence-corrected chi connectivity index (χ2v) is 6.33. The Balaban J connectivity index is 3.08. The van der Waals surface area contributed by atoms with Crippen LogP contribution < -0.4 is 11.2 Å². The molecule has 0 spiro atoms. The lowest BCUT2D eigenvalue weighted by Crippen LogP contribution is -2.42. The molecule has 0 aromatic carbocycles. The van der Waals surface area contributed by atoms with Crippen LogP contribution >= 0.6 is 0 Å². The molecule has 1 rings (SSSR count). The van der Waals surface area contributed by atoms with Gasteiger partial charge in [0.05, 0.1) is 0 Å². The first-order chi connectivity index (χ1) is 8.55. The molecule has 0 unspecified atom stereocenters. The van der Waals surface area contributed by atoms with E-state index in [1.54, 1.807) is 7.05 Å². The van der Waals surface area contributed by atoms with Crippen LogP contribution in [0.2, 0.25) is 0 Å². The number of rotatable bonds is 3. The van der Waals surface area contributed by atoms with E-state index >= 15 is 0 Å². The van der Waals surface area contributed by atoms with Crippen LogP contribution in [0.1, 0.15) is 33.4 Å². The molecule has 0 aliphatic rings. The van der Waals surface area contributed by atoms with Crippen molar-refractivity contribution < 1.29 is 0 Å². The second kappa shape index (κ2) is 5.33. The largest absolute Gasteiger partial charge is 0.330 e. The maximum Gasteiger partial charge on any atom is 0.330 e. The van der Waals surface area contributed by atoms with Crippen molar-refractivity contribution in [2.24, 2.45) is 19.5 Å². The van der Waals surface area contributed by atoms with E-state index in [2.05, 4.69) is 32.6 Å². The Morgan fingerprint density at radius 3 is 2.21 bits per heavy atom. The Morgan fingerprint density at radius 2 is 1.74 bits per heavy atom. The first-order valence-corrected chi connectivity index (χ1v) is 6.52. The van der Waals surface area contributed by atoms with E-state index < -0.39 is 0 Å². The fourth-order valence-electron chi connectivity index (χ4n) is 1.98. The predicted molar refractivity (Wildman–Crippen MR) is 77.3 cm³/mol. The number of nitrogens with zero attached hydrogens (tertiary/aromatic N) is 3. The lowest BCUT2D eigenvalue weighted by atomic mass is 9.87. The fraction of sp³-hybridized carbons (Fsp3) is 0.714. The average Bonchev–Trinajstić information content (AvgIpc) is 2.31. The molecule has 0 amide bonds. The molecule has 0 saturated heterocycles. The van der Waals surface area contributed by atoms with Crippen LogP contribution in [0.15, 0.2) is 15.7 Å². The van der Waals surface area contributed by atoms with Crippen LogP contribution in [0.4, 0.5) is 0 Å². The van der Waals surface area contributed by atoms with Gasteiger partial charge in [-0.3, -0.25) is 18.8 Å². The molecule has 1 heterocycles. The normalized spacial score (nSPS) is 13.9. The van der Waals surface area contributed by atoms with E-state index in [1.165, 1.54) is 17.7 Å². The maximum absolute atomic E-state index is 11.9. The van der Waals surface area contributed by atoms with E-state index in [9.17, 15) is 9.59 Å². The molecule has 19 heavy (non-hydrogen) atoms. The van der Waals surface area contributed by atoms with Gasteiger partial charge in [0, 0.05) is 38.4 Å². The van der Waals surface area contributed by atoms with Crippen LogP contribution in [0, 0.1) is 5.41 Å². The Morgan fingerprint density at radius 1 is 1.21 bits per heavy atom. The quantitative estimate of drug-likeness (QED) is 0.819. The van der Waals surface area contributed by atoms with Gasteiger partial charge >= 0.3 is 5.69 Å². The number of aromatic nitrogens is 2. The third-order valence-electron chi connectivity index (χ3n) is 3.95. The van der Waals surface area contributed by atoms with Crippen molar-refractivity contribution >= 4 is 0 Å². The highest BCUT2D eigenvalue weighted by Gasteiger charge is 2.24. The third-order valence-corrected chi connectivity index (χ3v) is 3.95. The summed E-state index contributed by atoms with van der Waals surface area (Å²) in [5, 5.41) is 0. The molecule has 1 atom stereocenters. The van der Waals surface area contributed by atoms with Gasteiger partial charge in [-0.1, -0.05) is 20.8 Å². The summed E-state index contributed by atoms with van der Waals surface area (Å²) in [6, 6.07) is 1.87. The van der Waals surface area contributed by atoms with Gasteiger partial charge in [0.1, 0.15) is 0 Å². The highest BCUT2D eigenvalue weighted by molar-refractivity contribution is 5.02. The topological polar surface area (TPSA) is 47.2 Å². The SMILES string of the molecule is C[C@H](N(C)Cc1cc(=O)n(C)c(=O)n1C)C(C)(C)C. The number of hydrogen-bond acceptors (Lipinski definition) is 3. The summed E-state index contributed by atoms with van der Waals surface area (Å²) in [4.78, 5) is 25.7. The molecule has 1 aromatic rings. The van der Waals surface area contributed by atoms with Gasteiger partial charge in [-0.2, -0.15) is 0 Å². The summed E-state index contributed by atoms with van der Waals surface area (Å²) in [5.74, 6) is 0. The second-order valence-electron chi connectivity index (χ2n) is 6.33. The zero-order chi connectivity index (χ0) is 15.0. The molecule has 5 heteroatoms. The summed E-state index contributed by atoms with van der Waals surface area (Å²) in [5.41, 5.74) is 0.355. The zero-order valence-electron chi connectivity index (χ0n) is 13.0. The van der Waals surface area contributed by atoms with Gasteiger partial charge in [0.15, 0.2) is 0 Å². The van der Waals surface area contributed by atoms with Crippen molar-refractivity contribution in [3.8, 4) is 0 Å². The highest BCUT2D eigenvalue weighted by Crippen LogP contribution is 2.23. The minimum absolute atomic E-state index is 0.146. The van der Waals surface area contributed by atoms with E-state index in [0.29, 0.717) is 12.6 Å². The minimum Gasteiger partial charge on any atom is -0.299 e. The summed E-state index contributed by atoms with van der Waals surface area (Å²) < 4.78 is 2.66. The van der Waals surface area contributed by atoms with Crippen molar-refractivity contribution in [2.75, 3.05) is 7.05 Å². The van der Waals surface area contributed by atoms with Crippen LogP contribution in [-0.4, -0.2) is 27.1 Å². The monoisotopic (exact) mass is 267 g/mol. The molecule has 5 nitrogen and oxygen atoms in total. The van der Waals surface area contributed by atoms with E-state index in [0.717, 1.165) is 10.3 Å². The smallest absolute Gasteiger partial charge is 0.299 e. The zero-order valence-corrected chi connectivity index (χ0v) is 13.0. The molecule has 0 radical (unpaired) electrons. The molecule has 0 fully saturated rings. The van der Waals surface area contributed by atoms with Crippen LogP contribution in [-0.2, 0) is 20.6 Å². The lowest BCUT2D eigenvalue weighted by molar-refractivity contribution is 0.132. The van der Waals surface area contributed by atoms with Gasteiger partial charge in [-0.05, 0) is 19.4 Å². The van der Waals surface area contributed by atoms with Crippen molar-refractivity contribution in [2.45, 2.75) is 40.3 Å². The fourth-order valence-corrected chi connectivity index (χ4v) is 1.98. The Bertz CT molecular complexity index is 564. The summed E-state index contributed by atoms with van der Waals surface area (Å²) in [6.07, 6.45) is 0. The Kier molecular flexibility index (Phi) is 4.40. The van der Waals surface area contributed by atoms with Gasteiger partial charge in [0.2, 0.25) is 0 Å². The molecule has 0 aliphatic heterocycles. The van der Waals surface area contributed by atoms with Crippen LogP contribution in [0.3, 0.4) is 0 Å². The van der Waals surface area contributed by atoms with Crippen LogP contribution in [0.25, 0.3) is 0 Å². The standard InChI is InChI=1S/C14H25N3O2/c1-10(14(2,3)4)15(5)9-11-8-12(18)17(7)13(19)16(11)6/h8,10H,9H2,1-7H3/t10-/m0/s1. The van der Waals surface area contributed by atoms with Gasteiger partial charge in [-0.25, -0.2) is 4.79 Å². The highest BCUT2D eigenvalue weighted by atomic mass is 16.2.